The summed E-state index contributed by atoms with van der Waals surface area (Å²) < 4.78 is 5.54. The maximum atomic E-state index is 5.54. The molecule has 2 rings (SSSR count). The largest absolute Gasteiger partial charge is 0.490 e. The molecule has 0 saturated carbocycles. The van der Waals surface area contributed by atoms with Gasteiger partial charge in [-0.3, -0.25) is 0 Å². The van der Waals surface area contributed by atoms with E-state index in [-0.39, 0.29) is 0 Å². The van der Waals surface area contributed by atoms with E-state index in [0.29, 0.717) is 5.92 Å². The fourth-order valence-corrected chi connectivity index (χ4v) is 1.70. The van der Waals surface area contributed by atoms with Crippen molar-refractivity contribution in [1.82, 2.24) is 5.32 Å². The zero-order valence-electron chi connectivity index (χ0n) is 7.68. The van der Waals surface area contributed by atoms with Gasteiger partial charge < -0.3 is 10.1 Å². The maximum Gasteiger partial charge on any atom is 0.138 e. The Hall–Kier alpha value is -0.920. The van der Waals surface area contributed by atoms with E-state index in [2.05, 4.69) is 25.2 Å². The van der Waals surface area contributed by atoms with Gasteiger partial charge in [0.15, 0.2) is 0 Å². The lowest BCUT2D eigenvalue weighted by Crippen LogP contribution is -2.30. The Morgan fingerprint density at radius 3 is 3.25 bits per heavy atom. The van der Waals surface area contributed by atoms with Crippen LogP contribution in [0.2, 0.25) is 0 Å². The van der Waals surface area contributed by atoms with Crippen LogP contribution in [0, 0.1) is 5.92 Å². The van der Waals surface area contributed by atoms with Gasteiger partial charge >= 0.3 is 0 Å². The fourth-order valence-electron chi connectivity index (χ4n) is 1.70. The summed E-state index contributed by atoms with van der Waals surface area (Å²) in [6.07, 6.45) is 3.31. The monoisotopic (exact) mass is 165 g/mol. The molecule has 1 fully saturated rings. The van der Waals surface area contributed by atoms with Gasteiger partial charge in [0.1, 0.15) is 12.4 Å². The Morgan fingerprint density at radius 2 is 2.42 bits per heavy atom. The van der Waals surface area contributed by atoms with Crippen LogP contribution in [-0.4, -0.2) is 13.2 Å². The molecule has 0 radical (unpaired) electrons. The molecule has 1 saturated heterocycles. The zero-order valence-corrected chi connectivity index (χ0v) is 7.68. The van der Waals surface area contributed by atoms with E-state index >= 15 is 0 Å². The lowest BCUT2D eigenvalue weighted by atomic mass is 9.91. The van der Waals surface area contributed by atoms with Crippen molar-refractivity contribution in [3.63, 3.8) is 0 Å². The minimum atomic E-state index is 0.665. The molecule has 1 aliphatic carbocycles. The predicted octanol–water partition coefficient (Wildman–Crippen LogP) is 1.80. The fraction of sp³-hybridized carbons (Fsp3) is 0.600. The van der Waals surface area contributed by atoms with Crippen molar-refractivity contribution in [2.24, 2.45) is 5.92 Å². The Labute approximate surface area is 73.3 Å². The molecule has 1 unspecified atom stereocenters. The number of hydrogen-bond acceptors (Lipinski definition) is 2. The Bertz CT molecular complexity index is 253. The first-order valence-electron chi connectivity index (χ1n) is 4.57. The number of ether oxygens (including phenoxy) is 1. The van der Waals surface area contributed by atoms with E-state index in [1.165, 1.54) is 11.3 Å². The molecule has 0 amide bonds. The average Bonchev–Trinajstić information content (AvgIpc) is 2.12. The first kappa shape index (κ1) is 7.71. The van der Waals surface area contributed by atoms with Crippen molar-refractivity contribution < 1.29 is 4.74 Å². The van der Waals surface area contributed by atoms with Crippen LogP contribution in [0.25, 0.3) is 0 Å². The molecule has 2 nitrogen and oxygen atoms in total. The first-order valence-corrected chi connectivity index (χ1v) is 4.57. The summed E-state index contributed by atoms with van der Waals surface area (Å²) in [6, 6.07) is 0. The number of nitrogens with one attached hydrogen (secondary N) is 1. The summed E-state index contributed by atoms with van der Waals surface area (Å²) in [7, 11) is 0. The van der Waals surface area contributed by atoms with Gasteiger partial charge in [-0.15, -0.1) is 0 Å². The minimum absolute atomic E-state index is 0.665. The second-order valence-electron chi connectivity index (χ2n) is 3.54. The summed E-state index contributed by atoms with van der Waals surface area (Å²) in [4.78, 5) is 0. The Morgan fingerprint density at radius 1 is 1.58 bits per heavy atom. The molecule has 0 aromatic heterocycles. The molecule has 1 heterocycles. The third kappa shape index (κ3) is 1.11. The summed E-state index contributed by atoms with van der Waals surface area (Å²) >= 11 is 0. The number of allylic oxidation sites excluding steroid dienone is 2. The first-order chi connectivity index (χ1) is 5.79. The smallest absolute Gasteiger partial charge is 0.138 e. The molecular formula is C10H15NO. The lowest BCUT2D eigenvalue weighted by Gasteiger charge is -2.29. The van der Waals surface area contributed by atoms with Gasteiger partial charge in [0.25, 0.3) is 0 Å². The van der Waals surface area contributed by atoms with E-state index in [4.69, 9.17) is 4.74 Å². The normalized spacial score (nSPS) is 28.5. The van der Waals surface area contributed by atoms with Crippen molar-refractivity contribution in [2.45, 2.75) is 20.3 Å². The van der Waals surface area contributed by atoms with Gasteiger partial charge in [-0.25, -0.2) is 0 Å². The molecule has 1 N–H and O–H groups in total. The summed E-state index contributed by atoms with van der Waals surface area (Å²) in [5.41, 5.74) is 2.67. The van der Waals surface area contributed by atoms with E-state index in [1.807, 2.05) is 0 Å². The predicted molar refractivity (Wildman–Crippen MR) is 48.5 cm³/mol. The molecular weight excluding hydrogens is 150 g/mol. The summed E-state index contributed by atoms with van der Waals surface area (Å²) in [5, 5.41) is 3.39. The van der Waals surface area contributed by atoms with Crippen molar-refractivity contribution in [1.29, 1.82) is 0 Å². The Kier molecular flexibility index (Phi) is 1.83. The molecule has 0 aromatic carbocycles. The molecule has 0 aromatic rings. The SMILES string of the molecule is CC1=C2NCCOC2=CCC1C. The zero-order chi connectivity index (χ0) is 8.55. The van der Waals surface area contributed by atoms with Crippen LogP contribution in [0.15, 0.2) is 23.1 Å². The van der Waals surface area contributed by atoms with Crippen LogP contribution in [0.3, 0.4) is 0 Å². The molecule has 2 heteroatoms. The molecule has 2 aliphatic rings. The topological polar surface area (TPSA) is 21.3 Å². The highest BCUT2D eigenvalue weighted by molar-refractivity contribution is 5.35. The second-order valence-corrected chi connectivity index (χ2v) is 3.54. The highest BCUT2D eigenvalue weighted by Gasteiger charge is 2.21. The van der Waals surface area contributed by atoms with E-state index in [0.717, 1.165) is 25.3 Å². The number of rotatable bonds is 0. The van der Waals surface area contributed by atoms with Gasteiger partial charge in [-0.05, 0) is 30.9 Å². The van der Waals surface area contributed by atoms with Crippen LogP contribution in [0.4, 0.5) is 0 Å². The van der Waals surface area contributed by atoms with Crippen LogP contribution >= 0.6 is 0 Å². The van der Waals surface area contributed by atoms with Gasteiger partial charge in [0.05, 0.1) is 5.70 Å². The second kappa shape index (κ2) is 2.85. The van der Waals surface area contributed by atoms with Crippen LogP contribution in [0.5, 0.6) is 0 Å². The summed E-state index contributed by atoms with van der Waals surface area (Å²) in [6.45, 7) is 6.19. The maximum absolute atomic E-state index is 5.54. The van der Waals surface area contributed by atoms with Crippen molar-refractivity contribution in [3.8, 4) is 0 Å². The highest BCUT2D eigenvalue weighted by atomic mass is 16.5. The lowest BCUT2D eigenvalue weighted by molar-refractivity contribution is 0.191. The number of morpholine rings is 1. The van der Waals surface area contributed by atoms with E-state index < -0.39 is 0 Å². The molecule has 1 atom stereocenters. The molecule has 0 bridgehead atoms. The van der Waals surface area contributed by atoms with E-state index in [9.17, 15) is 0 Å². The molecule has 1 aliphatic heterocycles. The van der Waals surface area contributed by atoms with Crippen LogP contribution < -0.4 is 5.32 Å². The third-order valence-electron chi connectivity index (χ3n) is 2.70. The average molecular weight is 165 g/mol. The van der Waals surface area contributed by atoms with Gasteiger partial charge in [-0.2, -0.15) is 0 Å². The highest BCUT2D eigenvalue weighted by Crippen LogP contribution is 2.29. The van der Waals surface area contributed by atoms with Crippen LogP contribution in [0.1, 0.15) is 20.3 Å². The van der Waals surface area contributed by atoms with Gasteiger partial charge in [0, 0.05) is 6.54 Å². The standard InChI is InChI=1S/C10H15NO/c1-7-3-4-9-10(8(7)2)11-5-6-12-9/h4,7,11H,3,5-6H2,1-2H3. The van der Waals surface area contributed by atoms with Gasteiger partial charge in [0.2, 0.25) is 0 Å². The Balaban J connectivity index is 2.31. The van der Waals surface area contributed by atoms with Crippen LogP contribution in [-0.2, 0) is 4.74 Å². The molecule has 0 spiro atoms. The van der Waals surface area contributed by atoms with E-state index in [1.54, 1.807) is 0 Å². The van der Waals surface area contributed by atoms with Gasteiger partial charge in [-0.1, -0.05) is 6.92 Å². The van der Waals surface area contributed by atoms with Crippen molar-refractivity contribution >= 4 is 0 Å². The quantitative estimate of drug-likeness (QED) is 0.591. The molecule has 12 heavy (non-hydrogen) atoms. The minimum Gasteiger partial charge on any atom is -0.490 e. The summed E-state index contributed by atoms with van der Waals surface area (Å²) in [5.74, 6) is 1.73. The molecule has 66 valence electrons. The number of fused-ring (bicyclic) bond motifs is 1. The number of hydrogen-bond donors (Lipinski definition) is 1. The third-order valence-corrected chi connectivity index (χ3v) is 2.70. The van der Waals surface area contributed by atoms with Crippen molar-refractivity contribution in [2.75, 3.05) is 13.2 Å². The van der Waals surface area contributed by atoms with Crippen molar-refractivity contribution in [3.05, 3.63) is 23.1 Å².